The van der Waals surface area contributed by atoms with E-state index in [2.05, 4.69) is 32.1 Å². The SMILES string of the molecule is Cn1nnnc1SCc1ccc(/C=N/NC(=O)c2ccc(O)c(Cl)c2)c2ccccc12. The molecule has 0 aliphatic carbocycles. The number of hydrazone groups is 1. The summed E-state index contributed by atoms with van der Waals surface area (Å²) >= 11 is 7.41. The van der Waals surface area contributed by atoms with Crippen LogP contribution in [0.1, 0.15) is 21.5 Å². The zero-order valence-electron chi connectivity index (χ0n) is 16.4. The Bertz CT molecular complexity index is 1290. The highest BCUT2D eigenvalue weighted by Gasteiger charge is 2.09. The lowest BCUT2D eigenvalue weighted by molar-refractivity contribution is 0.0955. The molecule has 1 heterocycles. The minimum atomic E-state index is -0.423. The van der Waals surface area contributed by atoms with Crippen LogP contribution in [0.2, 0.25) is 5.02 Å². The second-order valence-corrected chi connectivity index (χ2v) is 7.95. The number of benzene rings is 3. The molecule has 0 unspecified atom stereocenters. The van der Waals surface area contributed by atoms with Crippen molar-refractivity contribution in [2.24, 2.45) is 12.1 Å². The molecule has 0 aliphatic rings. The topological polar surface area (TPSA) is 105 Å². The molecule has 8 nitrogen and oxygen atoms in total. The van der Waals surface area contributed by atoms with E-state index in [0.717, 1.165) is 27.1 Å². The molecule has 0 radical (unpaired) electrons. The number of fused-ring (bicyclic) bond motifs is 1. The molecule has 0 atom stereocenters. The van der Waals surface area contributed by atoms with Crippen LogP contribution in [0.25, 0.3) is 10.8 Å². The van der Waals surface area contributed by atoms with Crippen LogP contribution in [0.15, 0.2) is 64.9 Å². The van der Waals surface area contributed by atoms with Gasteiger partial charge in [-0.25, -0.2) is 10.1 Å². The Morgan fingerprint density at radius 2 is 2.03 bits per heavy atom. The second-order valence-electron chi connectivity index (χ2n) is 6.60. The largest absolute Gasteiger partial charge is 0.506 e. The summed E-state index contributed by atoms with van der Waals surface area (Å²) in [4.78, 5) is 12.3. The highest BCUT2D eigenvalue weighted by Crippen LogP contribution is 2.27. The molecular weight excluding hydrogens is 436 g/mol. The number of aryl methyl sites for hydroxylation is 1. The Balaban J connectivity index is 1.52. The van der Waals surface area contributed by atoms with Gasteiger partial charge < -0.3 is 5.11 Å². The Morgan fingerprint density at radius 1 is 1.23 bits per heavy atom. The number of rotatable bonds is 6. The van der Waals surface area contributed by atoms with Crippen molar-refractivity contribution >= 4 is 46.3 Å². The molecule has 156 valence electrons. The van der Waals surface area contributed by atoms with E-state index in [1.807, 2.05) is 30.3 Å². The van der Waals surface area contributed by atoms with Gasteiger partial charge in [0.1, 0.15) is 5.75 Å². The number of carbonyl (C=O) groups excluding carboxylic acids is 1. The van der Waals surface area contributed by atoms with Crippen LogP contribution in [0.4, 0.5) is 0 Å². The molecule has 1 aromatic heterocycles. The number of carbonyl (C=O) groups is 1. The molecule has 0 fully saturated rings. The maximum absolute atomic E-state index is 12.3. The van der Waals surface area contributed by atoms with E-state index in [4.69, 9.17) is 11.6 Å². The fourth-order valence-corrected chi connectivity index (χ4v) is 4.02. The maximum atomic E-state index is 12.3. The van der Waals surface area contributed by atoms with E-state index in [1.54, 1.807) is 29.7 Å². The number of phenols is 1. The lowest BCUT2D eigenvalue weighted by Crippen LogP contribution is -2.17. The summed E-state index contributed by atoms with van der Waals surface area (Å²) in [6.45, 7) is 0. The number of amides is 1. The van der Waals surface area contributed by atoms with Gasteiger partial charge in [-0.05, 0) is 45.0 Å². The van der Waals surface area contributed by atoms with Crippen molar-refractivity contribution in [3.8, 4) is 5.75 Å². The summed E-state index contributed by atoms with van der Waals surface area (Å²) < 4.78 is 1.64. The third-order valence-corrected chi connectivity index (χ3v) is 5.93. The monoisotopic (exact) mass is 452 g/mol. The number of thioether (sulfide) groups is 1. The van der Waals surface area contributed by atoms with E-state index >= 15 is 0 Å². The normalized spacial score (nSPS) is 11.3. The summed E-state index contributed by atoms with van der Waals surface area (Å²) in [6.07, 6.45) is 1.60. The predicted molar refractivity (Wildman–Crippen MR) is 120 cm³/mol. The van der Waals surface area contributed by atoms with Gasteiger partial charge in [0.2, 0.25) is 5.16 Å². The minimum Gasteiger partial charge on any atom is -0.506 e. The van der Waals surface area contributed by atoms with Crippen molar-refractivity contribution in [3.05, 3.63) is 76.3 Å². The van der Waals surface area contributed by atoms with Crippen LogP contribution < -0.4 is 5.43 Å². The van der Waals surface area contributed by atoms with Gasteiger partial charge in [0.05, 0.1) is 11.2 Å². The molecule has 0 bridgehead atoms. The number of halogens is 1. The molecule has 0 spiro atoms. The number of nitrogens with one attached hydrogen (secondary N) is 1. The Hall–Kier alpha value is -3.43. The number of nitrogens with zero attached hydrogens (tertiary/aromatic N) is 5. The first-order chi connectivity index (χ1) is 15.0. The average Bonchev–Trinajstić information content (AvgIpc) is 3.19. The van der Waals surface area contributed by atoms with Gasteiger partial charge in [-0.1, -0.05) is 59.8 Å². The number of aromatic hydroxyl groups is 1. The van der Waals surface area contributed by atoms with E-state index in [9.17, 15) is 9.90 Å². The first kappa shape index (κ1) is 20.8. The summed E-state index contributed by atoms with van der Waals surface area (Å²) in [5.74, 6) is 0.208. The summed E-state index contributed by atoms with van der Waals surface area (Å²) in [5, 5.41) is 28.0. The van der Waals surface area contributed by atoms with E-state index in [-0.39, 0.29) is 10.8 Å². The third-order valence-electron chi connectivity index (χ3n) is 4.57. The van der Waals surface area contributed by atoms with Crippen molar-refractivity contribution in [3.63, 3.8) is 0 Å². The maximum Gasteiger partial charge on any atom is 0.271 e. The summed E-state index contributed by atoms with van der Waals surface area (Å²) in [7, 11) is 1.81. The second kappa shape index (κ2) is 9.15. The summed E-state index contributed by atoms with van der Waals surface area (Å²) in [5.41, 5.74) is 4.80. The third kappa shape index (κ3) is 4.68. The molecular formula is C21H17ClN6O2S. The van der Waals surface area contributed by atoms with Crippen LogP contribution in [-0.4, -0.2) is 37.4 Å². The fourth-order valence-electron chi connectivity index (χ4n) is 2.98. The van der Waals surface area contributed by atoms with Crippen LogP contribution in [-0.2, 0) is 12.8 Å². The Morgan fingerprint density at radius 3 is 2.77 bits per heavy atom. The number of hydrogen-bond donors (Lipinski definition) is 2. The van der Waals surface area contributed by atoms with E-state index in [0.29, 0.717) is 11.3 Å². The first-order valence-electron chi connectivity index (χ1n) is 9.20. The number of hydrogen-bond acceptors (Lipinski definition) is 7. The smallest absolute Gasteiger partial charge is 0.271 e. The van der Waals surface area contributed by atoms with E-state index < -0.39 is 5.91 Å². The van der Waals surface area contributed by atoms with Gasteiger partial charge in [0, 0.05) is 23.9 Å². The van der Waals surface area contributed by atoms with Gasteiger partial charge in [0.15, 0.2) is 0 Å². The predicted octanol–water partition coefficient (Wildman–Crippen LogP) is 3.78. The van der Waals surface area contributed by atoms with Gasteiger partial charge in [-0.3, -0.25) is 4.79 Å². The molecule has 0 saturated heterocycles. The zero-order chi connectivity index (χ0) is 21.8. The fraction of sp³-hybridized carbons (Fsp3) is 0.0952. The van der Waals surface area contributed by atoms with Crippen LogP contribution in [0, 0.1) is 0 Å². The minimum absolute atomic E-state index is 0.0816. The molecule has 4 rings (SSSR count). The zero-order valence-corrected chi connectivity index (χ0v) is 17.9. The van der Waals surface area contributed by atoms with Crippen LogP contribution in [0.3, 0.4) is 0 Å². The lowest BCUT2D eigenvalue weighted by atomic mass is 10.0. The average molecular weight is 453 g/mol. The van der Waals surface area contributed by atoms with Gasteiger partial charge in [0.25, 0.3) is 5.91 Å². The van der Waals surface area contributed by atoms with Crippen molar-refractivity contribution in [1.29, 1.82) is 0 Å². The summed E-state index contributed by atoms with van der Waals surface area (Å²) in [6, 6.07) is 16.2. The quantitative estimate of drug-likeness (QED) is 0.262. The van der Waals surface area contributed by atoms with Crippen LogP contribution in [0.5, 0.6) is 5.75 Å². The lowest BCUT2D eigenvalue weighted by Gasteiger charge is -2.09. The Kier molecular flexibility index (Phi) is 6.15. The van der Waals surface area contributed by atoms with Crippen molar-refractivity contribution < 1.29 is 9.90 Å². The molecule has 31 heavy (non-hydrogen) atoms. The standard InChI is InChI=1S/C21H17ClN6O2S/c1-28-21(25-26-27-28)31-12-15-7-6-14(16-4-2-3-5-17(15)16)11-23-24-20(30)13-8-9-19(29)18(22)10-13/h2-11,29H,12H2,1H3,(H,24,30)/b23-11+. The van der Waals surface area contributed by atoms with Crippen molar-refractivity contribution in [2.75, 3.05) is 0 Å². The number of tetrazole rings is 1. The molecule has 3 aromatic carbocycles. The molecule has 1 amide bonds. The van der Waals surface area contributed by atoms with Gasteiger partial charge in [-0.15, -0.1) is 5.10 Å². The van der Waals surface area contributed by atoms with Crippen LogP contribution >= 0.6 is 23.4 Å². The van der Waals surface area contributed by atoms with Crippen molar-refractivity contribution in [1.82, 2.24) is 25.6 Å². The Labute approximate surface area is 186 Å². The van der Waals surface area contributed by atoms with Crippen molar-refractivity contribution in [2.45, 2.75) is 10.9 Å². The molecule has 2 N–H and O–H groups in total. The first-order valence-corrected chi connectivity index (χ1v) is 10.6. The molecule has 4 aromatic rings. The number of phenolic OH excluding ortho intramolecular Hbond substituents is 1. The molecule has 0 saturated carbocycles. The molecule has 10 heteroatoms. The highest BCUT2D eigenvalue weighted by molar-refractivity contribution is 7.98. The van der Waals surface area contributed by atoms with Gasteiger partial charge in [-0.2, -0.15) is 5.10 Å². The van der Waals surface area contributed by atoms with E-state index in [1.165, 1.54) is 18.2 Å². The highest BCUT2D eigenvalue weighted by atomic mass is 35.5. The number of aromatic nitrogens is 4. The van der Waals surface area contributed by atoms with Gasteiger partial charge >= 0.3 is 0 Å². The molecule has 0 aliphatic heterocycles.